The SMILES string of the molecule is COc1ccc(C[C@@H](NC(=O)[C@H](NC(C)=O)C(C)C)C(N)=O)cc1Cl. The highest BCUT2D eigenvalue weighted by molar-refractivity contribution is 6.32. The molecule has 0 aromatic heterocycles. The van der Waals surface area contributed by atoms with Crippen LogP contribution in [0.25, 0.3) is 0 Å². The van der Waals surface area contributed by atoms with E-state index in [-0.39, 0.29) is 18.2 Å². The molecule has 1 rings (SSSR count). The van der Waals surface area contributed by atoms with Crippen molar-refractivity contribution < 1.29 is 19.1 Å². The molecule has 0 saturated heterocycles. The Bertz CT molecular complexity index is 649. The standard InChI is InChI=1S/C17H24ClN3O4/c1-9(2)15(20-10(3)22)17(24)21-13(16(19)23)8-11-5-6-14(25-4)12(18)7-11/h5-7,9,13,15H,8H2,1-4H3,(H2,19,23)(H,20,22)(H,21,24)/t13-,15-/m1/s1. The van der Waals surface area contributed by atoms with Crippen LogP contribution in [-0.4, -0.2) is 36.9 Å². The van der Waals surface area contributed by atoms with Gasteiger partial charge >= 0.3 is 0 Å². The van der Waals surface area contributed by atoms with Crippen LogP contribution in [0.5, 0.6) is 5.75 Å². The molecule has 0 bridgehead atoms. The normalized spacial score (nSPS) is 13.0. The predicted octanol–water partition coefficient (Wildman–Crippen LogP) is 1.02. The third-order valence-electron chi connectivity index (χ3n) is 3.62. The van der Waals surface area contributed by atoms with Crippen LogP contribution in [0.3, 0.4) is 0 Å². The summed E-state index contributed by atoms with van der Waals surface area (Å²) < 4.78 is 5.08. The highest BCUT2D eigenvalue weighted by atomic mass is 35.5. The molecular weight excluding hydrogens is 346 g/mol. The minimum Gasteiger partial charge on any atom is -0.495 e. The van der Waals surface area contributed by atoms with Gasteiger partial charge in [-0.1, -0.05) is 31.5 Å². The van der Waals surface area contributed by atoms with Crippen LogP contribution in [0.15, 0.2) is 18.2 Å². The molecule has 1 aromatic rings. The first-order valence-electron chi connectivity index (χ1n) is 7.84. The minimum atomic E-state index is -0.924. The number of carbonyl (C=O) groups excluding carboxylic acids is 3. The number of hydrogen-bond donors (Lipinski definition) is 3. The summed E-state index contributed by atoms with van der Waals surface area (Å²) in [7, 11) is 1.50. The number of carbonyl (C=O) groups is 3. The maximum absolute atomic E-state index is 12.4. The lowest BCUT2D eigenvalue weighted by Crippen LogP contribution is -2.55. The van der Waals surface area contributed by atoms with E-state index in [4.69, 9.17) is 22.1 Å². The maximum atomic E-state index is 12.4. The zero-order valence-electron chi connectivity index (χ0n) is 14.8. The van der Waals surface area contributed by atoms with Crippen LogP contribution in [0.2, 0.25) is 5.02 Å². The van der Waals surface area contributed by atoms with Crippen molar-refractivity contribution in [1.82, 2.24) is 10.6 Å². The van der Waals surface area contributed by atoms with Gasteiger partial charge in [0.1, 0.15) is 17.8 Å². The van der Waals surface area contributed by atoms with E-state index in [1.54, 1.807) is 32.0 Å². The van der Waals surface area contributed by atoms with Crippen LogP contribution in [0.1, 0.15) is 26.3 Å². The second-order valence-electron chi connectivity index (χ2n) is 6.06. The molecule has 0 fully saturated rings. The fraction of sp³-hybridized carbons (Fsp3) is 0.471. The number of nitrogens with two attached hydrogens (primary N) is 1. The van der Waals surface area contributed by atoms with Gasteiger partial charge in [0.15, 0.2) is 0 Å². The fourth-order valence-electron chi connectivity index (χ4n) is 2.31. The number of rotatable bonds is 8. The van der Waals surface area contributed by atoms with Gasteiger partial charge in [-0.2, -0.15) is 0 Å². The van der Waals surface area contributed by atoms with Crippen LogP contribution < -0.4 is 21.1 Å². The van der Waals surface area contributed by atoms with E-state index >= 15 is 0 Å². The molecule has 138 valence electrons. The van der Waals surface area contributed by atoms with Crippen molar-refractivity contribution in [2.45, 2.75) is 39.3 Å². The molecule has 0 unspecified atom stereocenters. The quantitative estimate of drug-likeness (QED) is 0.635. The Labute approximate surface area is 152 Å². The zero-order chi connectivity index (χ0) is 19.1. The second kappa shape index (κ2) is 9.27. The topological polar surface area (TPSA) is 111 Å². The van der Waals surface area contributed by atoms with Crippen LogP contribution in [0, 0.1) is 5.92 Å². The van der Waals surface area contributed by atoms with Gasteiger partial charge in [0.05, 0.1) is 12.1 Å². The predicted molar refractivity (Wildman–Crippen MR) is 95.3 cm³/mol. The average Bonchev–Trinajstić information content (AvgIpc) is 2.51. The van der Waals surface area contributed by atoms with Crippen molar-refractivity contribution in [3.63, 3.8) is 0 Å². The number of methoxy groups -OCH3 is 1. The van der Waals surface area contributed by atoms with Crippen molar-refractivity contribution in [3.8, 4) is 5.75 Å². The number of benzene rings is 1. The van der Waals surface area contributed by atoms with E-state index in [0.717, 1.165) is 5.56 Å². The third-order valence-corrected chi connectivity index (χ3v) is 3.92. The Kier molecular flexibility index (Phi) is 7.70. The molecule has 8 heteroatoms. The van der Waals surface area contributed by atoms with E-state index in [2.05, 4.69) is 10.6 Å². The summed E-state index contributed by atoms with van der Waals surface area (Å²) in [5.41, 5.74) is 6.12. The summed E-state index contributed by atoms with van der Waals surface area (Å²) in [6.45, 7) is 4.92. The molecule has 0 radical (unpaired) electrons. The van der Waals surface area contributed by atoms with Crippen molar-refractivity contribution in [1.29, 1.82) is 0 Å². The summed E-state index contributed by atoms with van der Waals surface area (Å²) in [6, 6.07) is 3.38. The number of amides is 3. The average molecular weight is 370 g/mol. The van der Waals surface area contributed by atoms with Crippen LogP contribution in [-0.2, 0) is 20.8 Å². The molecule has 0 heterocycles. The van der Waals surface area contributed by atoms with Crippen molar-refractivity contribution >= 4 is 29.3 Å². The number of nitrogens with one attached hydrogen (secondary N) is 2. The molecule has 25 heavy (non-hydrogen) atoms. The first-order chi connectivity index (χ1) is 11.6. The summed E-state index contributed by atoms with van der Waals surface area (Å²) in [5.74, 6) is -1.10. The summed E-state index contributed by atoms with van der Waals surface area (Å²) in [5, 5.41) is 5.56. The Hall–Kier alpha value is -2.28. The van der Waals surface area contributed by atoms with Gasteiger partial charge in [-0.15, -0.1) is 0 Å². The van der Waals surface area contributed by atoms with Gasteiger partial charge in [0, 0.05) is 13.3 Å². The number of halogens is 1. The first-order valence-corrected chi connectivity index (χ1v) is 8.22. The highest BCUT2D eigenvalue weighted by Gasteiger charge is 2.27. The molecule has 1 aromatic carbocycles. The van der Waals surface area contributed by atoms with Crippen LogP contribution in [0.4, 0.5) is 0 Å². The molecule has 0 aliphatic heterocycles. The third kappa shape index (κ3) is 6.26. The highest BCUT2D eigenvalue weighted by Crippen LogP contribution is 2.25. The Balaban J connectivity index is 2.89. The van der Waals surface area contributed by atoms with Gasteiger partial charge in [-0.3, -0.25) is 14.4 Å². The lowest BCUT2D eigenvalue weighted by Gasteiger charge is -2.24. The Morgan fingerprint density at radius 3 is 2.32 bits per heavy atom. The summed E-state index contributed by atoms with van der Waals surface area (Å²) in [4.78, 5) is 35.4. The largest absolute Gasteiger partial charge is 0.495 e. The Morgan fingerprint density at radius 1 is 1.24 bits per heavy atom. The Morgan fingerprint density at radius 2 is 1.88 bits per heavy atom. The van der Waals surface area contributed by atoms with Crippen molar-refractivity contribution in [2.24, 2.45) is 11.7 Å². The molecule has 7 nitrogen and oxygen atoms in total. The van der Waals surface area contributed by atoms with Crippen molar-refractivity contribution in [3.05, 3.63) is 28.8 Å². The van der Waals surface area contributed by atoms with Gasteiger partial charge in [-0.05, 0) is 23.6 Å². The number of hydrogen-bond acceptors (Lipinski definition) is 4. The molecule has 0 aliphatic rings. The molecule has 0 aliphatic carbocycles. The number of primary amides is 1. The molecular formula is C17H24ClN3O4. The second-order valence-corrected chi connectivity index (χ2v) is 6.47. The van der Waals surface area contributed by atoms with Gasteiger partial charge < -0.3 is 21.1 Å². The summed E-state index contributed by atoms with van der Waals surface area (Å²) >= 11 is 6.07. The van der Waals surface area contributed by atoms with E-state index in [1.165, 1.54) is 14.0 Å². The molecule has 0 spiro atoms. The van der Waals surface area contributed by atoms with E-state index in [0.29, 0.717) is 10.8 Å². The van der Waals surface area contributed by atoms with Crippen molar-refractivity contribution in [2.75, 3.05) is 7.11 Å². The van der Waals surface area contributed by atoms with E-state index in [9.17, 15) is 14.4 Å². The smallest absolute Gasteiger partial charge is 0.243 e. The first kappa shape index (κ1) is 20.8. The molecule has 0 saturated carbocycles. The van der Waals surface area contributed by atoms with Gasteiger partial charge in [0.25, 0.3) is 0 Å². The lowest BCUT2D eigenvalue weighted by atomic mass is 10.0. The van der Waals surface area contributed by atoms with E-state index in [1.807, 2.05) is 0 Å². The van der Waals surface area contributed by atoms with Gasteiger partial charge in [0.2, 0.25) is 17.7 Å². The molecule has 3 amide bonds. The zero-order valence-corrected chi connectivity index (χ0v) is 15.5. The fourth-order valence-corrected chi connectivity index (χ4v) is 2.59. The van der Waals surface area contributed by atoms with E-state index < -0.39 is 23.9 Å². The lowest BCUT2D eigenvalue weighted by molar-refractivity contribution is -0.131. The number of ether oxygens (including phenoxy) is 1. The van der Waals surface area contributed by atoms with Crippen LogP contribution >= 0.6 is 11.6 Å². The minimum absolute atomic E-state index is 0.146. The maximum Gasteiger partial charge on any atom is 0.243 e. The van der Waals surface area contributed by atoms with Gasteiger partial charge in [-0.25, -0.2) is 0 Å². The summed E-state index contributed by atoms with van der Waals surface area (Å²) in [6.07, 6.45) is 0.176. The molecule has 4 N–H and O–H groups in total. The monoisotopic (exact) mass is 369 g/mol. The molecule has 2 atom stereocenters.